The van der Waals surface area contributed by atoms with Gasteiger partial charge in [-0.25, -0.2) is 0 Å². The van der Waals surface area contributed by atoms with Crippen LogP contribution in [0.25, 0.3) is 0 Å². The first-order valence-corrected chi connectivity index (χ1v) is 8.19. The molecule has 1 amide bonds. The summed E-state index contributed by atoms with van der Waals surface area (Å²) in [5, 5.41) is 8.19. The van der Waals surface area contributed by atoms with Crippen LogP contribution in [0.15, 0.2) is 10.2 Å². The predicted octanol–water partition coefficient (Wildman–Crippen LogP) is 1.28. The molecule has 0 radical (unpaired) electrons. The van der Waals surface area contributed by atoms with Crippen LogP contribution < -0.4 is 0 Å². The molecule has 0 N–H and O–H groups in total. The van der Waals surface area contributed by atoms with Crippen molar-refractivity contribution in [3.63, 3.8) is 0 Å². The molecule has 120 valence electrons. The van der Waals surface area contributed by atoms with Crippen molar-refractivity contribution >= 4 is 5.91 Å². The summed E-state index contributed by atoms with van der Waals surface area (Å²) in [4.78, 5) is 16.8. The van der Waals surface area contributed by atoms with Crippen molar-refractivity contribution < 1.29 is 9.53 Å². The fraction of sp³-hybridized carbons (Fsp3) is 0.812. The van der Waals surface area contributed by atoms with Crippen LogP contribution in [0.1, 0.15) is 32.1 Å². The van der Waals surface area contributed by atoms with Crippen LogP contribution in [0.5, 0.6) is 0 Å². The van der Waals surface area contributed by atoms with E-state index < -0.39 is 0 Å². The van der Waals surface area contributed by atoms with E-state index >= 15 is 0 Å². The first-order valence-electron chi connectivity index (χ1n) is 8.19. The molecule has 0 bridgehead atoms. The summed E-state index contributed by atoms with van der Waals surface area (Å²) in [5.74, 6) is 2.85. The second kappa shape index (κ2) is 6.76. The molecule has 2 fully saturated rings. The second-order valence-electron chi connectivity index (χ2n) is 6.32. The number of carbonyl (C=O) groups is 1. The summed E-state index contributed by atoms with van der Waals surface area (Å²) in [6, 6.07) is 0.499. The molecule has 2 saturated heterocycles. The third-order valence-electron chi connectivity index (χ3n) is 4.87. The summed E-state index contributed by atoms with van der Waals surface area (Å²) >= 11 is 0. The molecule has 1 unspecified atom stereocenters. The number of nitrogens with zero attached hydrogens (tertiary/aromatic N) is 4. The minimum Gasteiger partial charge on any atom is -0.379 e. The van der Waals surface area contributed by atoms with Gasteiger partial charge in [0.2, 0.25) is 5.91 Å². The largest absolute Gasteiger partial charge is 0.379 e. The zero-order valence-electron chi connectivity index (χ0n) is 13.0. The first-order chi connectivity index (χ1) is 10.7. The normalized spacial score (nSPS) is 26.9. The monoisotopic (exact) mass is 304 g/mol. The fourth-order valence-electron chi connectivity index (χ4n) is 3.34. The van der Waals surface area contributed by atoms with Gasteiger partial charge in [0.15, 0.2) is 5.66 Å². The molecule has 0 aromatic rings. The van der Waals surface area contributed by atoms with Crippen LogP contribution in [0.3, 0.4) is 0 Å². The molecule has 0 aromatic carbocycles. The predicted molar refractivity (Wildman–Crippen MR) is 82.3 cm³/mol. The van der Waals surface area contributed by atoms with E-state index in [-0.39, 0.29) is 11.6 Å². The molecule has 3 aliphatic heterocycles. The topological polar surface area (TPSA) is 57.5 Å². The highest BCUT2D eigenvalue weighted by atomic mass is 16.5. The van der Waals surface area contributed by atoms with Crippen LogP contribution in [-0.4, -0.2) is 66.8 Å². The van der Waals surface area contributed by atoms with Crippen molar-refractivity contribution in [2.75, 3.05) is 39.4 Å². The lowest BCUT2D eigenvalue weighted by Gasteiger charge is -2.32. The number of ether oxygens (including phenoxy) is 1. The molecular weight excluding hydrogens is 280 g/mol. The van der Waals surface area contributed by atoms with Gasteiger partial charge in [0.05, 0.1) is 13.2 Å². The van der Waals surface area contributed by atoms with Crippen LogP contribution in [-0.2, 0) is 9.53 Å². The van der Waals surface area contributed by atoms with Crippen LogP contribution in [0, 0.1) is 12.3 Å². The van der Waals surface area contributed by atoms with Crippen molar-refractivity contribution in [3.05, 3.63) is 0 Å². The minimum atomic E-state index is -0.342. The minimum absolute atomic E-state index is 0.230. The molecule has 6 heteroatoms. The molecule has 22 heavy (non-hydrogen) atoms. The van der Waals surface area contributed by atoms with Gasteiger partial charge in [-0.2, -0.15) is 10.2 Å². The Kier molecular flexibility index (Phi) is 4.74. The summed E-state index contributed by atoms with van der Waals surface area (Å²) in [6.45, 7) is 5.31. The first kappa shape index (κ1) is 15.4. The maximum Gasteiger partial charge on any atom is 0.222 e. The molecule has 1 atom stereocenters. The van der Waals surface area contributed by atoms with Gasteiger partial charge in [0, 0.05) is 57.9 Å². The van der Waals surface area contributed by atoms with Crippen molar-refractivity contribution in [2.45, 2.75) is 43.8 Å². The lowest BCUT2D eigenvalue weighted by atomic mass is 10.0. The lowest BCUT2D eigenvalue weighted by Crippen LogP contribution is -2.45. The third-order valence-corrected chi connectivity index (χ3v) is 4.87. The Morgan fingerprint density at radius 1 is 1.27 bits per heavy atom. The van der Waals surface area contributed by atoms with Crippen molar-refractivity contribution in [3.8, 4) is 12.3 Å². The summed E-state index contributed by atoms with van der Waals surface area (Å²) < 4.78 is 5.39. The molecule has 0 saturated carbocycles. The molecule has 0 aromatic heterocycles. The van der Waals surface area contributed by atoms with E-state index in [9.17, 15) is 4.79 Å². The average Bonchev–Trinajstić information content (AvgIpc) is 3.16. The highest BCUT2D eigenvalue weighted by Crippen LogP contribution is 2.37. The van der Waals surface area contributed by atoms with E-state index in [0.29, 0.717) is 25.3 Å². The van der Waals surface area contributed by atoms with E-state index in [4.69, 9.17) is 11.2 Å². The maximum atomic E-state index is 12.4. The standard InChI is InChI=1S/C16H24N4O2/c1-2-3-6-16(17-18-16)7-4-15(21)20-8-5-14(13-20)19-9-11-22-12-10-19/h1,14H,3-13H2. The Labute approximate surface area is 131 Å². The Morgan fingerprint density at radius 3 is 2.73 bits per heavy atom. The quantitative estimate of drug-likeness (QED) is 0.695. The maximum absolute atomic E-state index is 12.4. The molecular formula is C16H24N4O2. The van der Waals surface area contributed by atoms with Gasteiger partial charge in [-0.3, -0.25) is 9.69 Å². The van der Waals surface area contributed by atoms with Gasteiger partial charge in [-0.05, 0) is 6.42 Å². The molecule has 0 spiro atoms. The van der Waals surface area contributed by atoms with E-state index in [1.807, 2.05) is 4.90 Å². The molecule has 3 rings (SSSR count). The zero-order chi connectivity index (χ0) is 15.4. The third kappa shape index (κ3) is 3.65. The van der Waals surface area contributed by atoms with E-state index in [0.717, 1.165) is 52.2 Å². The number of morpholine rings is 1. The SMILES string of the molecule is C#CCCC1(CCC(=O)N2CCC(N3CCOCC3)C2)N=N1. The van der Waals surface area contributed by atoms with Crippen LogP contribution in [0.4, 0.5) is 0 Å². The summed E-state index contributed by atoms with van der Waals surface area (Å²) in [7, 11) is 0. The van der Waals surface area contributed by atoms with E-state index in [1.165, 1.54) is 0 Å². The number of amides is 1. The number of terminal acetylenes is 1. The smallest absolute Gasteiger partial charge is 0.222 e. The van der Waals surface area contributed by atoms with Crippen LogP contribution >= 0.6 is 0 Å². The average molecular weight is 304 g/mol. The number of hydrogen-bond acceptors (Lipinski definition) is 5. The number of rotatable bonds is 6. The number of hydrogen-bond donors (Lipinski definition) is 0. The summed E-state index contributed by atoms with van der Waals surface area (Å²) in [6.07, 6.45) is 9.02. The number of carbonyl (C=O) groups excluding carboxylic acids is 1. The Balaban J connectivity index is 1.41. The van der Waals surface area contributed by atoms with Crippen molar-refractivity contribution in [2.24, 2.45) is 10.2 Å². The molecule has 3 aliphatic rings. The molecule has 6 nitrogen and oxygen atoms in total. The van der Waals surface area contributed by atoms with Crippen LogP contribution in [0.2, 0.25) is 0 Å². The fourth-order valence-corrected chi connectivity index (χ4v) is 3.34. The molecule has 0 aliphatic carbocycles. The van der Waals surface area contributed by atoms with E-state index in [2.05, 4.69) is 21.0 Å². The van der Waals surface area contributed by atoms with Gasteiger partial charge in [-0.15, -0.1) is 12.3 Å². The van der Waals surface area contributed by atoms with Crippen molar-refractivity contribution in [1.29, 1.82) is 0 Å². The highest BCUT2D eigenvalue weighted by Gasteiger charge is 2.40. The number of likely N-dealkylation sites (tertiary alicyclic amines) is 1. The van der Waals surface area contributed by atoms with Gasteiger partial charge >= 0.3 is 0 Å². The Morgan fingerprint density at radius 2 is 2.05 bits per heavy atom. The lowest BCUT2D eigenvalue weighted by molar-refractivity contribution is -0.130. The van der Waals surface area contributed by atoms with Gasteiger partial charge < -0.3 is 9.64 Å². The van der Waals surface area contributed by atoms with Gasteiger partial charge in [0.1, 0.15) is 0 Å². The van der Waals surface area contributed by atoms with Gasteiger partial charge in [0.25, 0.3) is 0 Å². The zero-order valence-corrected chi connectivity index (χ0v) is 13.0. The van der Waals surface area contributed by atoms with Crippen molar-refractivity contribution in [1.82, 2.24) is 9.80 Å². The van der Waals surface area contributed by atoms with Gasteiger partial charge in [-0.1, -0.05) is 0 Å². The highest BCUT2D eigenvalue weighted by molar-refractivity contribution is 5.76. The Bertz CT molecular complexity index is 473. The second-order valence-corrected chi connectivity index (χ2v) is 6.32. The molecule has 3 heterocycles. The Hall–Kier alpha value is -1.45. The van der Waals surface area contributed by atoms with E-state index in [1.54, 1.807) is 0 Å². The summed E-state index contributed by atoms with van der Waals surface area (Å²) in [5.41, 5.74) is -0.342.